The molecule has 0 radical (unpaired) electrons. The molecule has 0 spiro atoms. The summed E-state index contributed by atoms with van der Waals surface area (Å²) in [4.78, 5) is 12.1. The van der Waals surface area contributed by atoms with E-state index in [0.717, 1.165) is 16.7 Å². The molecule has 0 aliphatic carbocycles. The average molecular weight is 314 g/mol. The number of nitrogens with one attached hydrogen (secondary N) is 1. The molecule has 3 aromatic carbocycles. The molecule has 1 N–H and O–H groups in total. The molecule has 0 aromatic heterocycles. The van der Waals surface area contributed by atoms with Crippen molar-refractivity contribution in [3.8, 4) is 11.1 Å². The third-order valence-electron chi connectivity index (χ3n) is 3.71. The van der Waals surface area contributed by atoms with E-state index in [0.29, 0.717) is 5.56 Å². The lowest BCUT2D eigenvalue weighted by Crippen LogP contribution is -2.17. The first-order valence-corrected chi connectivity index (χ1v) is 7.78. The summed E-state index contributed by atoms with van der Waals surface area (Å²) in [7, 11) is 0. The normalized spacial score (nSPS) is 10.7. The highest BCUT2D eigenvalue weighted by Crippen LogP contribution is 2.19. The lowest BCUT2D eigenvalue weighted by atomic mass is 10.0. The summed E-state index contributed by atoms with van der Waals surface area (Å²) in [5, 5.41) is 4.00. The van der Waals surface area contributed by atoms with E-state index in [2.05, 4.69) is 10.5 Å². The Kier molecular flexibility index (Phi) is 4.82. The van der Waals surface area contributed by atoms with Crippen molar-refractivity contribution >= 4 is 12.1 Å². The van der Waals surface area contributed by atoms with Gasteiger partial charge in [-0.05, 0) is 35.7 Å². The highest BCUT2D eigenvalue weighted by Gasteiger charge is 2.04. The average Bonchev–Trinajstić information content (AvgIpc) is 2.64. The molecule has 0 saturated carbocycles. The van der Waals surface area contributed by atoms with Crippen LogP contribution in [0.2, 0.25) is 0 Å². The number of aryl methyl sites for hydroxylation is 1. The standard InChI is InChI=1S/C21H18N2O/c1-16-7-9-17(10-8-16)15-22-23-21(24)20-13-11-19(12-14-20)18-5-3-2-4-6-18/h2-15H,1H3,(H,23,24)/b22-15+. The molecule has 24 heavy (non-hydrogen) atoms. The van der Waals surface area contributed by atoms with Crippen LogP contribution in [-0.4, -0.2) is 12.1 Å². The molecule has 0 unspecified atom stereocenters. The summed E-state index contributed by atoms with van der Waals surface area (Å²) in [6.07, 6.45) is 1.63. The van der Waals surface area contributed by atoms with Crippen LogP contribution in [0, 0.1) is 6.92 Å². The highest BCUT2D eigenvalue weighted by molar-refractivity contribution is 5.95. The Morgan fingerprint density at radius 2 is 1.46 bits per heavy atom. The van der Waals surface area contributed by atoms with Gasteiger partial charge in [-0.3, -0.25) is 4.79 Å². The van der Waals surface area contributed by atoms with Gasteiger partial charge in [-0.25, -0.2) is 5.43 Å². The summed E-state index contributed by atoms with van der Waals surface area (Å²) in [5.41, 5.74) is 7.47. The van der Waals surface area contributed by atoms with Crippen LogP contribution in [0.4, 0.5) is 0 Å². The van der Waals surface area contributed by atoms with Crippen molar-refractivity contribution in [3.63, 3.8) is 0 Å². The van der Waals surface area contributed by atoms with Gasteiger partial charge in [0.1, 0.15) is 0 Å². The molecule has 0 atom stereocenters. The third kappa shape index (κ3) is 3.96. The predicted molar refractivity (Wildman–Crippen MR) is 98.1 cm³/mol. The van der Waals surface area contributed by atoms with Gasteiger partial charge in [-0.1, -0.05) is 72.3 Å². The fraction of sp³-hybridized carbons (Fsp3) is 0.0476. The number of hydrazone groups is 1. The zero-order valence-electron chi connectivity index (χ0n) is 13.4. The maximum absolute atomic E-state index is 12.1. The Morgan fingerprint density at radius 3 is 2.12 bits per heavy atom. The molecule has 0 bridgehead atoms. The lowest BCUT2D eigenvalue weighted by molar-refractivity contribution is 0.0955. The van der Waals surface area contributed by atoms with Crippen molar-refractivity contribution in [2.75, 3.05) is 0 Å². The van der Waals surface area contributed by atoms with Gasteiger partial charge < -0.3 is 0 Å². The minimum atomic E-state index is -0.224. The van der Waals surface area contributed by atoms with Gasteiger partial charge in [0, 0.05) is 5.56 Å². The Bertz CT molecular complexity index is 835. The Hall–Kier alpha value is -3.20. The second-order valence-corrected chi connectivity index (χ2v) is 5.55. The topological polar surface area (TPSA) is 41.5 Å². The van der Waals surface area contributed by atoms with E-state index < -0.39 is 0 Å². The van der Waals surface area contributed by atoms with E-state index in [1.54, 1.807) is 18.3 Å². The van der Waals surface area contributed by atoms with Crippen LogP contribution in [0.3, 0.4) is 0 Å². The van der Waals surface area contributed by atoms with Crippen molar-refractivity contribution in [1.29, 1.82) is 0 Å². The van der Waals surface area contributed by atoms with Crippen LogP contribution >= 0.6 is 0 Å². The van der Waals surface area contributed by atoms with E-state index in [1.165, 1.54) is 5.56 Å². The van der Waals surface area contributed by atoms with Crippen molar-refractivity contribution in [3.05, 3.63) is 95.6 Å². The number of nitrogens with zero attached hydrogens (tertiary/aromatic N) is 1. The molecule has 118 valence electrons. The summed E-state index contributed by atoms with van der Waals surface area (Å²) in [6, 6.07) is 25.5. The van der Waals surface area contributed by atoms with Gasteiger partial charge >= 0.3 is 0 Å². The first-order valence-electron chi connectivity index (χ1n) is 7.78. The van der Waals surface area contributed by atoms with E-state index in [9.17, 15) is 4.79 Å². The van der Waals surface area contributed by atoms with Crippen molar-refractivity contribution in [2.45, 2.75) is 6.92 Å². The van der Waals surface area contributed by atoms with Crippen LogP contribution < -0.4 is 5.43 Å². The van der Waals surface area contributed by atoms with Crippen LogP contribution in [0.5, 0.6) is 0 Å². The van der Waals surface area contributed by atoms with Crippen molar-refractivity contribution in [2.24, 2.45) is 5.10 Å². The highest BCUT2D eigenvalue weighted by atomic mass is 16.2. The van der Waals surface area contributed by atoms with Crippen molar-refractivity contribution < 1.29 is 4.79 Å². The molecule has 3 nitrogen and oxygen atoms in total. The summed E-state index contributed by atoms with van der Waals surface area (Å²) < 4.78 is 0. The Morgan fingerprint density at radius 1 is 0.833 bits per heavy atom. The first-order chi connectivity index (χ1) is 11.7. The summed E-state index contributed by atoms with van der Waals surface area (Å²) in [5.74, 6) is -0.224. The maximum Gasteiger partial charge on any atom is 0.271 e. The third-order valence-corrected chi connectivity index (χ3v) is 3.71. The van der Waals surface area contributed by atoms with Crippen LogP contribution in [-0.2, 0) is 0 Å². The second-order valence-electron chi connectivity index (χ2n) is 5.55. The summed E-state index contributed by atoms with van der Waals surface area (Å²) in [6.45, 7) is 2.03. The quantitative estimate of drug-likeness (QED) is 0.562. The molecule has 0 aliphatic rings. The van der Waals surface area contributed by atoms with Crippen LogP contribution in [0.1, 0.15) is 21.5 Å². The van der Waals surface area contributed by atoms with Gasteiger partial charge in [0.25, 0.3) is 5.91 Å². The number of carbonyl (C=O) groups excluding carboxylic acids is 1. The van der Waals surface area contributed by atoms with Gasteiger partial charge in [0.05, 0.1) is 6.21 Å². The van der Waals surface area contributed by atoms with Gasteiger partial charge in [0.2, 0.25) is 0 Å². The molecule has 0 heterocycles. The Balaban J connectivity index is 1.64. The maximum atomic E-state index is 12.1. The molecular formula is C21H18N2O. The molecule has 0 saturated heterocycles. The molecule has 3 aromatic rings. The molecular weight excluding hydrogens is 296 g/mol. The first kappa shape index (κ1) is 15.7. The molecule has 0 fully saturated rings. The fourth-order valence-corrected chi connectivity index (χ4v) is 2.33. The monoisotopic (exact) mass is 314 g/mol. The Labute approximate surface area is 141 Å². The van der Waals surface area contributed by atoms with E-state index in [1.807, 2.05) is 73.7 Å². The second kappa shape index (κ2) is 7.38. The lowest BCUT2D eigenvalue weighted by Gasteiger charge is -2.03. The summed E-state index contributed by atoms with van der Waals surface area (Å²) >= 11 is 0. The largest absolute Gasteiger partial charge is 0.271 e. The minimum absolute atomic E-state index is 0.224. The number of benzene rings is 3. The molecule has 0 aliphatic heterocycles. The number of amides is 1. The van der Waals surface area contributed by atoms with Gasteiger partial charge in [-0.15, -0.1) is 0 Å². The number of hydrogen-bond donors (Lipinski definition) is 1. The van der Waals surface area contributed by atoms with Crippen LogP contribution in [0.25, 0.3) is 11.1 Å². The SMILES string of the molecule is Cc1ccc(/C=N/NC(=O)c2ccc(-c3ccccc3)cc2)cc1. The van der Waals surface area contributed by atoms with E-state index >= 15 is 0 Å². The van der Waals surface area contributed by atoms with Gasteiger partial charge in [0.15, 0.2) is 0 Å². The molecule has 3 heteroatoms. The zero-order valence-corrected chi connectivity index (χ0v) is 13.4. The smallest absolute Gasteiger partial charge is 0.267 e. The predicted octanol–water partition coefficient (Wildman–Crippen LogP) is 4.43. The molecule has 3 rings (SSSR count). The van der Waals surface area contributed by atoms with E-state index in [4.69, 9.17) is 0 Å². The van der Waals surface area contributed by atoms with Crippen molar-refractivity contribution in [1.82, 2.24) is 5.43 Å². The number of carbonyl (C=O) groups is 1. The minimum Gasteiger partial charge on any atom is -0.267 e. The fourth-order valence-electron chi connectivity index (χ4n) is 2.33. The van der Waals surface area contributed by atoms with Crippen LogP contribution in [0.15, 0.2) is 84.0 Å². The molecule has 1 amide bonds. The van der Waals surface area contributed by atoms with E-state index in [-0.39, 0.29) is 5.91 Å². The van der Waals surface area contributed by atoms with Gasteiger partial charge in [-0.2, -0.15) is 5.10 Å². The number of hydrogen-bond acceptors (Lipinski definition) is 2. The number of rotatable bonds is 4. The zero-order chi connectivity index (χ0) is 16.8.